The Bertz CT molecular complexity index is 601. The van der Waals surface area contributed by atoms with E-state index in [0.717, 1.165) is 6.07 Å². The fourth-order valence-electron chi connectivity index (χ4n) is 1.42. The lowest BCUT2D eigenvalue weighted by Gasteiger charge is -2.06. The average molecular weight is 266 g/mol. The predicted molar refractivity (Wildman–Crippen MR) is 67.5 cm³/mol. The molecule has 2 rings (SSSR count). The van der Waals surface area contributed by atoms with E-state index in [0.29, 0.717) is 5.69 Å². The van der Waals surface area contributed by atoms with E-state index in [1.807, 2.05) is 0 Å². The van der Waals surface area contributed by atoms with Crippen LogP contribution in [0, 0.1) is 5.82 Å². The molecule has 2 aromatic rings. The largest absolute Gasteiger partial charge is 0.506 e. The van der Waals surface area contributed by atoms with Gasteiger partial charge in [0.2, 0.25) is 0 Å². The number of rotatable bonds is 2. The number of phenols is 1. The maximum absolute atomic E-state index is 12.9. The minimum absolute atomic E-state index is 0.0691. The quantitative estimate of drug-likeness (QED) is 0.817. The van der Waals surface area contributed by atoms with Crippen molar-refractivity contribution in [3.63, 3.8) is 0 Å². The van der Waals surface area contributed by atoms with Crippen LogP contribution in [-0.4, -0.2) is 11.0 Å². The highest BCUT2D eigenvalue weighted by atomic mass is 35.5. The number of halogens is 2. The summed E-state index contributed by atoms with van der Waals surface area (Å²) in [5, 5.41) is 11.9. The van der Waals surface area contributed by atoms with Crippen LogP contribution in [0.3, 0.4) is 0 Å². The van der Waals surface area contributed by atoms with Crippen LogP contribution < -0.4 is 5.32 Å². The standard InChI is InChI=1S/C13H9ClFNO2/c14-11-7-10(4-5-12(11)17)16-13(18)8-2-1-3-9(15)6-8/h1-7,17H,(H,16,18). The first-order valence-electron chi connectivity index (χ1n) is 5.12. The van der Waals surface area contributed by atoms with Gasteiger partial charge in [-0.05, 0) is 36.4 Å². The highest BCUT2D eigenvalue weighted by Crippen LogP contribution is 2.26. The van der Waals surface area contributed by atoms with Crippen LogP contribution in [0.1, 0.15) is 10.4 Å². The van der Waals surface area contributed by atoms with E-state index >= 15 is 0 Å². The molecule has 0 heterocycles. The van der Waals surface area contributed by atoms with E-state index in [4.69, 9.17) is 11.6 Å². The zero-order valence-corrected chi connectivity index (χ0v) is 9.91. The Morgan fingerprint density at radius 2 is 2.00 bits per heavy atom. The molecule has 5 heteroatoms. The number of aromatic hydroxyl groups is 1. The molecule has 0 bridgehead atoms. The first-order chi connectivity index (χ1) is 8.56. The van der Waals surface area contributed by atoms with Crippen molar-refractivity contribution in [2.45, 2.75) is 0 Å². The van der Waals surface area contributed by atoms with Gasteiger partial charge in [0.25, 0.3) is 5.91 Å². The lowest BCUT2D eigenvalue weighted by molar-refractivity contribution is 0.102. The van der Waals surface area contributed by atoms with Crippen LogP contribution in [-0.2, 0) is 0 Å². The predicted octanol–water partition coefficient (Wildman–Crippen LogP) is 3.44. The topological polar surface area (TPSA) is 49.3 Å². The molecule has 0 unspecified atom stereocenters. The smallest absolute Gasteiger partial charge is 0.255 e. The molecule has 0 spiro atoms. The zero-order valence-electron chi connectivity index (χ0n) is 9.15. The normalized spacial score (nSPS) is 10.1. The second-order valence-electron chi connectivity index (χ2n) is 3.63. The average Bonchev–Trinajstić information content (AvgIpc) is 2.34. The third-order valence-electron chi connectivity index (χ3n) is 2.29. The van der Waals surface area contributed by atoms with Crippen molar-refractivity contribution >= 4 is 23.2 Å². The molecule has 2 N–H and O–H groups in total. The maximum Gasteiger partial charge on any atom is 0.255 e. The van der Waals surface area contributed by atoms with Gasteiger partial charge in [-0.3, -0.25) is 4.79 Å². The Kier molecular flexibility index (Phi) is 3.48. The van der Waals surface area contributed by atoms with Crippen molar-refractivity contribution in [2.24, 2.45) is 0 Å². The van der Waals surface area contributed by atoms with E-state index in [1.54, 1.807) is 0 Å². The molecule has 1 amide bonds. The fraction of sp³-hybridized carbons (Fsp3) is 0. The van der Waals surface area contributed by atoms with Gasteiger partial charge >= 0.3 is 0 Å². The lowest BCUT2D eigenvalue weighted by Crippen LogP contribution is -2.11. The number of hydrogen-bond donors (Lipinski definition) is 2. The first-order valence-corrected chi connectivity index (χ1v) is 5.49. The molecule has 0 atom stereocenters. The number of nitrogens with one attached hydrogen (secondary N) is 1. The summed E-state index contributed by atoms with van der Waals surface area (Å²) in [6, 6.07) is 9.62. The Hall–Kier alpha value is -2.07. The first kappa shape index (κ1) is 12.4. The van der Waals surface area contributed by atoms with Crippen LogP contribution in [0.4, 0.5) is 10.1 Å². The molecule has 3 nitrogen and oxygen atoms in total. The van der Waals surface area contributed by atoms with E-state index in [9.17, 15) is 14.3 Å². The second kappa shape index (κ2) is 5.06. The van der Waals surface area contributed by atoms with Crippen molar-refractivity contribution in [3.05, 3.63) is 58.9 Å². The van der Waals surface area contributed by atoms with E-state index in [-0.39, 0.29) is 16.3 Å². The number of carbonyl (C=O) groups is 1. The van der Waals surface area contributed by atoms with Crippen molar-refractivity contribution < 1.29 is 14.3 Å². The highest BCUT2D eigenvalue weighted by molar-refractivity contribution is 6.32. The van der Waals surface area contributed by atoms with E-state index < -0.39 is 11.7 Å². The van der Waals surface area contributed by atoms with Crippen LogP contribution in [0.5, 0.6) is 5.75 Å². The van der Waals surface area contributed by atoms with Gasteiger partial charge in [-0.1, -0.05) is 17.7 Å². The number of anilines is 1. The van der Waals surface area contributed by atoms with Gasteiger partial charge in [0.15, 0.2) is 0 Å². The van der Waals surface area contributed by atoms with Crippen molar-refractivity contribution in [1.29, 1.82) is 0 Å². The number of amides is 1. The molecule has 0 aromatic heterocycles. The number of hydrogen-bond acceptors (Lipinski definition) is 2. The number of benzene rings is 2. The molecule has 92 valence electrons. The summed E-state index contributed by atoms with van der Waals surface area (Å²) in [6.45, 7) is 0. The molecule has 0 fully saturated rings. The van der Waals surface area contributed by atoms with Crippen LogP contribution in [0.15, 0.2) is 42.5 Å². The van der Waals surface area contributed by atoms with Crippen LogP contribution in [0.25, 0.3) is 0 Å². The Balaban J connectivity index is 2.18. The molecule has 0 aliphatic heterocycles. The minimum atomic E-state index is -0.480. The van der Waals surface area contributed by atoms with Gasteiger partial charge in [-0.15, -0.1) is 0 Å². The number of carbonyl (C=O) groups excluding carboxylic acids is 1. The molecular weight excluding hydrogens is 257 g/mol. The van der Waals surface area contributed by atoms with Crippen LogP contribution >= 0.6 is 11.6 Å². The molecule has 2 aromatic carbocycles. The Morgan fingerprint density at radius 1 is 1.22 bits per heavy atom. The van der Waals surface area contributed by atoms with Gasteiger partial charge in [0, 0.05) is 11.3 Å². The van der Waals surface area contributed by atoms with Gasteiger partial charge in [0.1, 0.15) is 11.6 Å². The van der Waals surface area contributed by atoms with E-state index in [2.05, 4.69) is 5.32 Å². The molecule has 0 saturated heterocycles. The summed E-state index contributed by atoms with van der Waals surface area (Å²) in [7, 11) is 0. The van der Waals surface area contributed by atoms with Crippen molar-refractivity contribution in [1.82, 2.24) is 0 Å². The summed E-state index contributed by atoms with van der Waals surface area (Å²) < 4.78 is 12.9. The van der Waals surface area contributed by atoms with Crippen molar-refractivity contribution in [2.75, 3.05) is 5.32 Å². The Labute approximate surface area is 108 Å². The monoisotopic (exact) mass is 265 g/mol. The fourth-order valence-corrected chi connectivity index (χ4v) is 1.60. The minimum Gasteiger partial charge on any atom is -0.506 e. The summed E-state index contributed by atoms with van der Waals surface area (Å²) >= 11 is 5.71. The van der Waals surface area contributed by atoms with Gasteiger partial charge in [-0.2, -0.15) is 0 Å². The van der Waals surface area contributed by atoms with E-state index in [1.165, 1.54) is 36.4 Å². The molecule has 0 aliphatic carbocycles. The molecular formula is C13H9ClFNO2. The second-order valence-corrected chi connectivity index (χ2v) is 4.04. The van der Waals surface area contributed by atoms with Crippen molar-refractivity contribution in [3.8, 4) is 5.75 Å². The third-order valence-corrected chi connectivity index (χ3v) is 2.60. The number of phenolic OH excluding ortho intramolecular Hbond substituents is 1. The third kappa shape index (κ3) is 2.78. The summed E-state index contributed by atoms with van der Waals surface area (Å²) in [5.74, 6) is -0.997. The Morgan fingerprint density at radius 3 is 2.67 bits per heavy atom. The molecule has 0 radical (unpaired) electrons. The zero-order chi connectivity index (χ0) is 13.1. The van der Waals surface area contributed by atoms with Gasteiger partial charge in [-0.25, -0.2) is 4.39 Å². The lowest BCUT2D eigenvalue weighted by atomic mass is 10.2. The van der Waals surface area contributed by atoms with Gasteiger partial charge < -0.3 is 10.4 Å². The summed E-state index contributed by atoms with van der Waals surface area (Å²) in [6.07, 6.45) is 0. The maximum atomic E-state index is 12.9. The SMILES string of the molecule is O=C(Nc1ccc(O)c(Cl)c1)c1cccc(F)c1. The summed E-state index contributed by atoms with van der Waals surface area (Å²) in [4.78, 5) is 11.8. The molecule has 18 heavy (non-hydrogen) atoms. The highest BCUT2D eigenvalue weighted by Gasteiger charge is 2.08. The van der Waals surface area contributed by atoms with Gasteiger partial charge in [0.05, 0.1) is 5.02 Å². The molecule has 0 saturated carbocycles. The molecule has 0 aliphatic rings. The van der Waals surface area contributed by atoms with Crippen LogP contribution in [0.2, 0.25) is 5.02 Å². The summed E-state index contributed by atoms with van der Waals surface area (Å²) in [5.41, 5.74) is 0.631.